The number of carbonyl (C=O) groups is 1. The molecule has 0 fully saturated rings. The van der Waals surface area contributed by atoms with Crippen molar-refractivity contribution in [1.29, 1.82) is 0 Å². The maximum atomic E-state index is 11.9. The molecule has 0 aromatic carbocycles. The number of aliphatic hydroxyl groups is 1. The first-order valence-corrected chi connectivity index (χ1v) is 5.10. The molecule has 2 nitrogen and oxygen atoms in total. The zero-order valence-electron chi connectivity index (χ0n) is 9.87. The SMILES string of the molecule is C=CC(C)(C)C(=O)C(C)C(O)C(C)C. The summed E-state index contributed by atoms with van der Waals surface area (Å²) in [6.45, 7) is 12.9. The maximum Gasteiger partial charge on any atom is 0.147 e. The molecule has 0 saturated heterocycles. The third kappa shape index (κ3) is 2.95. The molecule has 0 aromatic rings. The third-order valence-corrected chi connectivity index (χ3v) is 2.75. The van der Waals surface area contributed by atoms with Gasteiger partial charge in [0, 0.05) is 11.3 Å². The third-order valence-electron chi connectivity index (χ3n) is 2.75. The summed E-state index contributed by atoms with van der Waals surface area (Å²) in [6.07, 6.45) is 1.07. The molecule has 1 N–H and O–H groups in total. The van der Waals surface area contributed by atoms with Gasteiger partial charge in [-0.05, 0) is 19.8 Å². The average Bonchev–Trinajstić information content (AvgIpc) is 2.14. The molecule has 0 bridgehead atoms. The molecule has 0 spiro atoms. The largest absolute Gasteiger partial charge is 0.392 e. The summed E-state index contributed by atoms with van der Waals surface area (Å²) in [6, 6.07) is 0. The Hall–Kier alpha value is -0.630. The van der Waals surface area contributed by atoms with Crippen LogP contribution in [-0.2, 0) is 4.79 Å². The van der Waals surface area contributed by atoms with Gasteiger partial charge in [-0.25, -0.2) is 0 Å². The van der Waals surface area contributed by atoms with Crippen LogP contribution in [0.2, 0.25) is 0 Å². The number of carbonyl (C=O) groups excluding carboxylic acids is 1. The van der Waals surface area contributed by atoms with Crippen LogP contribution in [0, 0.1) is 17.3 Å². The van der Waals surface area contributed by atoms with Crippen molar-refractivity contribution < 1.29 is 9.90 Å². The number of ketones is 1. The van der Waals surface area contributed by atoms with E-state index in [1.165, 1.54) is 0 Å². The Kier molecular flexibility index (Phi) is 4.53. The van der Waals surface area contributed by atoms with Gasteiger partial charge in [0.1, 0.15) is 5.78 Å². The fourth-order valence-electron chi connectivity index (χ4n) is 1.42. The van der Waals surface area contributed by atoms with Crippen LogP contribution in [0.4, 0.5) is 0 Å². The van der Waals surface area contributed by atoms with Crippen molar-refractivity contribution >= 4 is 5.78 Å². The van der Waals surface area contributed by atoms with Crippen LogP contribution in [0.25, 0.3) is 0 Å². The first kappa shape index (κ1) is 13.4. The highest BCUT2D eigenvalue weighted by Crippen LogP contribution is 2.26. The molecule has 2 unspecified atom stereocenters. The van der Waals surface area contributed by atoms with Crippen molar-refractivity contribution in [3.63, 3.8) is 0 Å². The molecule has 0 aliphatic rings. The zero-order chi connectivity index (χ0) is 11.5. The Balaban J connectivity index is 4.63. The van der Waals surface area contributed by atoms with Crippen molar-refractivity contribution in [2.75, 3.05) is 0 Å². The van der Waals surface area contributed by atoms with Gasteiger partial charge in [0.05, 0.1) is 6.10 Å². The number of Topliss-reactive ketones (excluding diaryl/α,β-unsaturated/α-hetero) is 1. The molecule has 0 radical (unpaired) electrons. The van der Waals surface area contributed by atoms with E-state index >= 15 is 0 Å². The van der Waals surface area contributed by atoms with Crippen LogP contribution in [0.3, 0.4) is 0 Å². The standard InChI is InChI=1S/C12H22O2/c1-7-12(5,6)11(14)9(4)10(13)8(2)3/h7-10,13H,1H2,2-6H3. The molecular weight excluding hydrogens is 176 g/mol. The van der Waals surface area contributed by atoms with E-state index in [-0.39, 0.29) is 17.6 Å². The summed E-state index contributed by atoms with van der Waals surface area (Å²) in [4.78, 5) is 11.9. The molecule has 14 heavy (non-hydrogen) atoms. The van der Waals surface area contributed by atoms with Gasteiger partial charge < -0.3 is 5.11 Å². The quantitative estimate of drug-likeness (QED) is 0.689. The predicted molar refractivity (Wildman–Crippen MR) is 59.0 cm³/mol. The molecule has 2 atom stereocenters. The number of rotatable bonds is 5. The summed E-state index contributed by atoms with van der Waals surface area (Å²) in [5.74, 6) is -0.175. The number of hydrogen-bond acceptors (Lipinski definition) is 2. The van der Waals surface area contributed by atoms with E-state index in [9.17, 15) is 9.90 Å². The highest BCUT2D eigenvalue weighted by atomic mass is 16.3. The Labute approximate surface area is 87.0 Å². The van der Waals surface area contributed by atoms with Crippen molar-refractivity contribution in [2.45, 2.75) is 40.7 Å². The lowest BCUT2D eigenvalue weighted by Crippen LogP contribution is -2.37. The molecule has 0 aliphatic heterocycles. The van der Waals surface area contributed by atoms with E-state index in [0.29, 0.717) is 0 Å². The fourth-order valence-corrected chi connectivity index (χ4v) is 1.42. The van der Waals surface area contributed by atoms with Crippen molar-refractivity contribution in [1.82, 2.24) is 0 Å². The second kappa shape index (κ2) is 4.74. The van der Waals surface area contributed by atoms with E-state index in [0.717, 1.165) is 0 Å². The van der Waals surface area contributed by atoms with Gasteiger partial charge in [-0.2, -0.15) is 0 Å². The van der Waals surface area contributed by atoms with E-state index in [1.54, 1.807) is 13.0 Å². The van der Waals surface area contributed by atoms with Gasteiger partial charge in [0.25, 0.3) is 0 Å². The normalized spacial score (nSPS) is 16.5. The van der Waals surface area contributed by atoms with Gasteiger partial charge in [-0.15, -0.1) is 6.58 Å². The lowest BCUT2D eigenvalue weighted by atomic mass is 9.78. The maximum absolute atomic E-state index is 11.9. The van der Waals surface area contributed by atoms with Gasteiger partial charge in [0.2, 0.25) is 0 Å². The van der Waals surface area contributed by atoms with Gasteiger partial charge in [-0.1, -0.05) is 26.8 Å². The summed E-state index contributed by atoms with van der Waals surface area (Å²) < 4.78 is 0. The molecule has 2 heteroatoms. The van der Waals surface area contributed by atoms with E-state index < -0.39 is 11.5 Å². The number of hydrogen-bond donors (Lipinski definition) is 1. The van der Waals surface area contributed by atoms with E-state index in [4.69, 9.17) is 0 Å². The van der Waals surface area contributed by atoms with Crippen LogP contribution in [0.15, 0.2) is 12.7 Å². The zero-order valence-corrected chi connectivity index (χ0v) is 9.87. The fraction of sp³-hybridized carbons (Fsp3) is 0.750. The van der Waals surface area contributed by atoms with Crippen LogP contribution >= 0.6 is 0 Å². The summed E-state index contributed by atoms with van der Waals surface area (Å²) in [5, 5.41) is 9.77. The smallest absolute Gasteiger partial charge is 0.147 e. The van der Waals surface area contributed by atoms with Crippen molar-refractivity contribution in [2.24, 2.45) is 17.3 Å². The van der Waals surface area contributed by atoms with Crippen molar-refractivity contribution in [3.8, 4) is 0 Å². The van der Waals surface area contributed by atoms with Crippen LogP contribution in [-0.4, -0.2) is 17.0 Å². The summed E-state index contributed by atoms with van der Waals surface area (Å²) in [7, 11) is 0. The van der Waals surface area contributed by atoms with Crippen molar-refractivity contribution in [3.05, 3.63) is 12.7 Å². The van der Waals surface area contributed by atoms with Crippen LogP contribution in [0.5, 0.6) is 0 Å². The minimum atomic E-state index is -0.568. The monoisotopic (exact) mass is 198 g/mol. The molecule has 0 rings (SSSR count). The van der Waals surface area contributed by atoms with E-state index in [1.807, 2.05) is 27.7 Å². The molecule has 0 amide bonds. The summed E-state index contributed by atoms with van der Waals surface area (Å²) in [5.41, 5.74) is -0.546. The average molecular weight is 198 g/mol. The summed E-state index contributed by atoms with van der Waals surface area (Å²) >= 11 is 0. The minimum Gasteiger partial charge on any atom is -0.392 e. The van der Waals surface area contributed by atoms with Gasteiger partial charge in [0.15, 0.2) is 0 Å². The number of aliphatic hydroxyl groups excluding tert-OH is 1. The Bertz CT molecular complexity index is 216. The Morgan fingerprint density at radius 1 is 1.36 bits per heavy atom. The molecule has 0 aliphatic carbocycles. The minimum absolute atomic E-state index is 0.0497. The van der Waals surface area contributed by atoms with E-state index in [2.05, 4.69) is 6.58 Å². The van der Waals surface area contributed by atoms with Gasteiger partial charge in [-0.3, -0.25) is 4.79 Å². The van der Waals surface area contributed by atoms with Gasteiger partial charge >= 0.3 is 0 Å². The first-order valence-electron chi connectivity index (χ1n) is 5.10. The second-order valence-corrected chi connectivity index (χ2v) is 4.81. The van der Waals surface area contributed by atoms with Crippen LogP contribution < -0.4 is 0 Å². The Morgan fingerprint density at radius 3 is 2.07 bits per heavy atom. The number of allylic oxidation sites excluding steroid dienone is 1. The second-order valence-electron chi connectivity index (χ2n) is 4.81. The molecule has 0 aromatic heterocycles. The lowest BCUT2D eigenvalue weighted by Gasteiger charge is -2.27. The Morgan fingerprint density at radius 2 is 1.79 bits per heavy atom. The molecule has 0 heterocycles. The highest BCUT2D eigenvalue weighted by Gasteiger charge is 2.33. The highest BCUT2D eigenvalue weighted by molar-refractivity contribution is 5.88. The van der Waals surface area contributed by atoms with Crippen LogP contribution in [0.1, 0.15) is 34.6 Å². The first-order chi connectivity index (χ1) is 6.24. The predicted octanol–water partition coefficient (Wildman–Crippen LogP) is 2.42. The lowest BCUT2D eigenvalue weighted by molar-refractivity contribution is -0.132. The topological polar surface area (TPSA) is 37.3 Å². The molecule has 0 saturated carbocycles. The molecule has 82 valence electrons. The molecular formula is C12H22O2.